The van der Waals surface area contributed by atoms with Crippen LogP contribution in [0.2, 0.25) is 5.02 Å². The van der Waals surface area contributed by atoms with Crippen LogP contribution in [0.25, 0.3) is 0 Å². The Balaban J connectivity index is 2.52. The van der Waals surface area contributed by atoms with Gasteiger partial charge in [-0.1, -0.05) is 23.7 Å². The van der Waals surface area contributed by atoms with Crippen LogP contribution in [-0.4, -0.2) is 15.5 Å². The van der Waals surface area contributed by atoms with Gasteiger partial charge in [0.15, 0.2) is 5.75 Å². The van der Waals surface area contributed by atoms with Crippen LogP contribution >= 0.6 is 27.5 Å². The van der Waals surface area contributed by atoms with Crippen LogP contribution in [0.15, 0.2) is 45.8 Å². The number of ether oxygens (including phenoxy) is 1. The molecule has 0 aliphatic heterocycles. The predicted molar refractivity (Wildman–Crippen MR) is 87.4 cm³/mol. The minimum absolute atomic E-state index is 0.0763. The van der Waals surface area contributed by atoms with Crippen LogP contribution in [0.1, 0.15) is 0 Å². The maximum Gasteiger partial charge on any atom is 0.265 e. The third-order valence-corrected chi connectivity index (χ3v) is 4.85. The molecule has 0 fully saturated rings. The van der Waals surface area contributed by atoms with Crippen LogP contribution in [0.4, 0.5) is 11.4 Å². The fourth-order valence-electron chi connectivity index (χ4n) is 1.72. The molecule has 0 amide bonds. The molecular weight excluding hydrogens is 380 g/mol. The molecule has 0 saturated carbocycles. The summed E-state index contributed by atoms with van der Waals surface area (Å²) in [6.07, 6.45) is 0. The number of rotatable bonds is 4. The number of hydrogen-bond donors (Lipinski definition) is 2. The highest BCUT2D eigenvalue weighted by atomic mass is 79.9. The molecule has 2 rings (SSSR count). The van der Waals surface area contributed by atoms with Crippen LogP contribution in [0.3, 0.4) is 0 Å². The number of sulfonamides is 1. The van der Waals surface area contributed by atoms with Crippen molar-refractivity contribution in [3.63, 3.8) is 0 Å². The number of hydrogen-bond acceptors (Lipinski definition) is 4. The standard InChI is InChI=1S/C13H12BrClN2O3S/c1-20-13-9(14)6-8(15)7-12(13)21(18,19)17-11-5-3-2-4-10(11)16/h2-7,17H,16H2,1H3. The van der Waals surface area contributed by atoms with E-state index in [2.05, 4.69) is 20.7 Å². The summed E-state index contributed by atoms with van der Waals surface area (Å²) < 4.78 is 33.0. The van der Waals surface area contributed by atoms with Crippen molar-refractivity contribution in [3.8, 4) is 5.75 Å². The Morgan fingerprint density at radius 2 is 1.95 bits per heavy atom. The summed E-state index contributed by atoms with van der Waals surface area (Å²) in [6, 6.07) is 9.42. The summed E-state index contributed by atoms with van der Waals surface area (Å²) in [5.41, 5.74) is 6.35. The minimum Gasteiger partial charge on any atom is -0.494 e. The Kier molecular flexibility index (Phi) is 4.65. The molecule has 0 aliphatic rings. The number of anilines is 2. The van der Waals surface area contributed by atoms with E-state index in [1.807, 2.05) is 0 Å². The molecular formula is C13H12BrClN2O3S. The summed E-state index contributed by atoms with van der Waals surface area (Å²) in [6.45, 7) is 0. The van der Waals surface area contributed by atoms with Crippen LogP contribution in [-0.2, 0) is 10.0 Å². The monoisotopic (exact) mass is 390 g/mol. The summed E-state index contributed by atoms with van der Waals surface area (Å²) in [5.74, 6) is 0.168. The number of para-hydroxylation sites is 2. The van der Waals surface area contributed by atoms with Crippen molar-refractivity contribution in [3.05, 3.63) is 45.9 Å². The molecule has 0 atom stereocenters. The lowest BCUT2D eigenvalue weighted by molar-refractivity contribution is 0.400. The molecule has 0 saturated heterocycles. The predicted octanol–water partition coefficient (Wildman–Crippen LogP) is 3.49. The molecule has 0 aromatic heterocycles. The molecule has 2 aromatic rings. The topological polar surface area (TPSA) is 81.4 Å². The lowest BCUT2D eigenvalue weighted by Crippen LogP contribution is -2.15. The summed E-state index contributed by atoms with van der Waals surface area (Å²) in [7, 11) is -2.51. The number of benzene rings is 2. The molecule has 0 heterocycles. The maximum absolute atomic E-state index is 12.5. The van der Waals surface area contributed by atoms with Gasteiger partial charge in [0.05, 0.1) is 23.0 Å². The number of methoxy groups -OCH3 is 1. The normalized spacial score (nSPS) is 11.2. The van der Waals surface area contributed by atoms with E-state index in [1.54, 1.807) is 30.3 Å². The average Bonchev–Trinajstić information content (AvgIpc) is 2.40. The quantitative estimate of drug-likeness (QED) is 0.782. The van der Waals surface area contributed by atoms with Gasteiger partial charge in [0, 0.05) is 5.02 Å². The van der Waals surface area contributed by atoms with Crippen LogP contribution in [0, 0.1) is 0 Å². The molecule has 8 heteroatoms. The van der Waals surface area contributed by atoms with Crippen molar-refractivity contribution < 1.29 is 13.2 Å². The Morgan fingerprint density at radius 3 is 2.57 bits per heavy atom. The van der Waals surface area contributed by atoms with Crippen LogP contribution < -0.4 is 15.2 Å². The van der Waals surface area contributed by atoms with E-state index in [9.17, 15) is 8.42 Å². The third-order valence-electron chi connectivity index (χ3n) is 2.67. The second-order valence-corrected chi connectivity index (χ2v) is 7.05. The number of nitrogen functional groups attached to an aromatic ring is 1. The first-order valence-corrected chi connectivity index (χ1v) is 8.41. The van der Waals surface area contributed by atoms with Gasteiger partial charge in [-0.2, -0.15) is 0 Å². The second-order valence-electron chi connectivity index (χ2n) is 4.11. The van der Waals surface area contributed by atoms with E-state index in [-0.39, 0.29) is 21.4 Å². The molecule has 5 nitrogen and oxygen atoms in total. The van der Waals surface area contributed by atoms with Crippen molar-refractivity contribution >= 4 is 48.9 Å². The molecule has 112 valence electrons. The summed E-state index contributed by atoms with van der Waals surface area (Å²) in [4.78, 5) is -0.0763. The van der Waals surface area contributed by atoms with Gasteiger partial charge in [-0.15, -0.1) is 0 Å². The molecule has 0 radical (unpaired) electrons. The third kappa shape index (κ3) is 3.42. The van der Waals surface area contributed by atoms with E-state index in [0.29, 0.717) is 10.2 Å². The maximum atomic E-state index is 12.5. The Bertz CT molecular complexity index is 781. The molecule has 0 unspecified atom stereocenters. The van der Waals surface area contributed by atoms with E-state index >= 15 is 0 Å². The van der Waals surface area contributed by atoms with Crippen molar-refractivity contribution in [1.82, 2.24) is 0 Å². The van der Waals surface area contributed by atoms with E-state index in [1.165, 1.54) is 13.2 Å². The highest BCUT2D eigenvalue weighted by Crippen LogP contribution is 2.36. The Morgan fingerprint density at radius 1 is 1.29 bits per heavy atom. The average molecular weight is 392 g/mol. The molecule has 21 heavy (non-hydrogen) atoms. The Labute approximate surface area is 136 Å². The molecule has 2 aromatic carbocycles. The van der Waals surface area contributed by atoms with Gasteiger partial charge in [-0.25, -0.2) is 8.42 Å². The van der Waals surface area contributed by atoms with Crippen molar-refractivity contribution in [1.29, 1.82) is 0 Å². The zero-order valence-electron chi connectivity index (χ0n) is 10.9. The van der Waals surface area contributed by atoms with Gasteiger partial charge in [0.1, 0.15) is 4.90 Å². The second kappa shape index (κ2) is 6.13. The molecule has 0 spiro atoms. The van der Waals surface area contributed by atoms with E-state index in [0.717, 1.165) is 0 Å². The van der Waals surface area contributed by atoms with Crippen LogP contribution in [0.5, 0.6) is 5.75 Å². The van der Waals surface area contributed by atoms with Gasteiger partial charge in [-0.3, -0.25) is 4.72 Å². The van der Waals surface area contributed by atoms with Gasteiger partial charge in [0.2, 0.25) is 0 Å². The van der Waals surface area contributed by atoms with Gasteiger partial charge in [0.25, 0.3) is 10.0 Å². The van der Waals surface area contributed by atoms with Crippen molar-refractivity contribution in [2.24, 2.45) is 0 Å². The first-order chi connectivity index (χ1) is 9.85. The van der Waals surface area contributed by atoms with Crippen molar-refractivity contribution in [2.75, 3.05) is 17.6 Å². The van der Waals surface area contributed by atoms with E-state index in [4.69, 9.17) is 22.1 Å². The fourth-order valence-corrected chi connectivity index (χ4v) is 4.20. The molecule has 0 aliphatic carbocycles. The zero-order valence-corrected chi connectivity index (χ0v) is 14.1. The Hall–Kier alpha value is -1.44. The molecule has 0 bridgehead atoms. The van der Waals surface area contributed by atoms with Gasteiger partial charge in [-0.05, 0) is 40.2 Å². The lowest BCUT2D eigenvalue weighted by Gasteiger charge is -2.14. The minimum atomic E-state index is -3.89. The number of nitrogens with one attached hydrogen (secondary N) is 1. The lowest BCUT2D eigenvalue weighted by atomic mass is 10.3. The number of nitrogens with two attached hydrogens (primary N) is 1. The summed E-state index contributed by atoms with van der Waals surface area (Å²) >= 11 is 9.14. The van der Waals surface area contributed by atoms with Gasteiger partial charge < -0.3 is 10.5 Å². The SMILES string of the molecule is COc1c(Br)cc(Cl)cc1S(=O)(=O)Nc1ccccc1N. The first-order valence-electron chi connectivity index (χ1n) is 5.75. The molecule has 3 N–H and O–H groups in total. The highest BCUT2D eigenvalue weighted by molar-refractivity contribution is 9.10. The fraction of sp³-hybridized carbons (Fsp3) is 0.0769. The van der Waals surface area contributed by atoms with Crippen molar-refractivity contribution in [2.45, 2.75) is 4.90 Å². The van der Waals surface area contributed by atoms with E-state index < -0.39 is 10.0 Å². The number of halogens is 2. The van der Waals surface area contributed by atoms with Gasteiger partial charge >= 0.3 is 0 Å². The zero-order chi connectivity index (χ0) is 15.6. The summed E-state index contributed by atoms with van der Waals surface area (Å²) in [5, 5.41) is 0.268. The highest BCUT2D eigenvalue weighted by Gasteiger charge is 2.23. The largest absolute Gasteiger partial charge is 0.494 e. The smallest absolute Gasteiger partial charge is 0.265 e. The first kappa shape index (κ1) is 15.9.